The number of hydrogen-bond acceptors (Lipinski definition) is 4. The van der Waals surface area contributed by atoms with Crippen LogP contribution in [-0.2, 0) is 14.3 Å². The van der Waals surface area contributed by atoms with E-state index in [0.717, 1.165) is 56.9 Å². The molecular formula is C19H24N2O4. The van der Waals surface area contributed by atoms with Gasteiger partial charge in [-0.15, -0.1) is 0 Å². The summed E-state index contributed by atoms with van der Waals surface area (Å²) in [6.45, 7) is 3.22. The summed E-state index contributed by atoms with van der Waals surface area (Å²) in [7, 11) is 0. The van der Waals surface area contributed by atoms with E-state index in [1.807, 2.05) is 24.3 Å². The first-order valence-electron chi connectivity index (χ1n) is 9.10. The largest absolute Gasteiger partial charge is 0.481 e. The van der Waals surface area contributed by atoms with Gasteiger partial charge in [0, 0.05) is 24.5 Å². The number of anilines is 2. The number of carbonyl (C=O) groups excluding carboxylic acids is 1. The van der Waals surface area contributed by atoms with Crippen LogP contribution in [0.1, 0.15) is 19.3 Å². The second-order valence-electron chi connectivity index (χ2n) is 7.36. The molecule has 0 spiro atoms. The Kier molecular flexibility index (Phi) is 4.37. The van der Waals surface area contributed by atoms with Crippen LogP contribution in [0.5, 0.6) is 0 Å². The molecule has 1 aliphatic heterocycles. The van der Waals surface area contributed by atoms with E-state index in [1.165, 1.54) is 0 Å². The zero-order chi connectivity index (χ0) is 17.4. The number of morpholine rings is 1. The Morgan fingerprint density at radius 3 is 2.32 bits per heavy atom. The summed E-state index contributed by atoms with van der Waals surface area (Å²) in [5.41, 5.74) is 1.85. The van der Waals surface area contributed by atoms with Crippen LogP contribution in [0.3, 0.4) is 0 Å². The highest BCUT2D eigenvalue weighted by Crippen LogP contribution is 2.52. The molecule has 2 saturated carbocycles. The minimum atomic E-state index is -0.824. The molecule has 3 aliphatic rings. The Hall–Kier alpha value is -2.08. The van der Waals surface area contributed by atoms with Crippen LogP contribution < -0.4 is 10.2 Å². The van der Waals surface area contributed by atoms with E-state index in [2.05, 4.69) is 10.2 Å². The smallest absolute Gasteiger partial charge is 0.307 e. The molecule has 1 aromatic carbocycles. The van der Waals surface area contributed by atoms with Crippen LogP contribution in [0, 0.1) is 23.7 Å². The van der Waals surface area contributed by atoms with Gasteiger partial charge in [0.2, 0.25) is 5.91 Å². The minimum Gasteiger partial charge on any atom is -0.481 e. The average Bonchev–Trinajstić information content (AvgIpc) is 3.24. The van der Waals surface area contributed by atoms with Crippen molar-refractivity contribution in [1.82, 2.24) is 0 Å². The van der Waals surface area contributed by atoms with Gasteiger partial charge in [0.05, 0.1) is 25.0 Å². The Morgan fingerprint density at radius 1 is 1.04 bits per heavy atom. The number of nitrogens with one attached hydrogen (secondary N) is 1. The molecule has 25 heavy (non-hydrogen) atoms. The molecule has 134 valence electrons. The highest BCUT2D eigenvalue weighted by molar-refractivity contribution is 5.96. The predicted octanol–water partition coefficient (Wildman–Crippen LogP) is 2.21. The second kappa shape index (κ2) is 6.67. The standard InChI is InChI=1S/C19H24N2O4/c22-18(16-12-1-2-13(11-12)17(16)19(23)24)20-14-3-5-15(6-4-14)21-7-9-25-10-8-21/h3-6,12-13,16-17H,1-2,7-11H2,(H,20,22)(H,23,24)/t12-,13-,16+,17+/m0/s1. The maximum absolute atomic E-state index is 12.7. The molecule has 0 unspecified atom stereocenters. The zero-order valence-electron chi connectivity index (χ0n) is 14.2. The first-order valence-corrected chi connectivity index (χ1v) is 9.10. The van der Waals surface area contributed by atoms with Crippen molar-refractivity contribution in [2.24, 2.45) is 23.7 Å². The predicted molar refractivity (Wildman–Crippen MR) is 93.6 cm³/mol. The van der Waals surface area contributed by atoms with Crippen LogP contribution in [0.4, 0.5) is 11.4 Å². The van der Waals surface area contributed by atoms with E-state index in [-0.39, 0.29) is 17.7 Å². The quantitative estimate of drug-likeness (QED) is 0.875. The van der Waals surface area contributed by atoms with E-state index in [9.17, 15) is 14.7 Å². The summed E-state index contributed by atoms with van der Waals surface area (Å²) >= 11 is 0. The molecule has 0 aromatic heterocycles. The topological polar surface area (TPSA) is 78.9 Å². The van der Waals surface area contributed by atoms with Crippen molar-refractivity contribution in [3.8, 4) is 0 Å². The van der Waals surface area contributed by atoms with Crippen molar-refractivity contribution in [3.05, 3.63) is 24.3 Å². The fraction of sp³-hybridized carbons (Fsp3) is 0.579. The lowest BCUT2D eigenvalue weighted by atomic mass is 9.78. The molecule has 6 heteroatoms. The SMILES string of the molecule is O=C(O)[C@@H]1[C@H]2CC[C@@H](C2)[C@H]1C(=O)Nc1ccc(N2CCOCC2)cc1. The number of carbonyl (C=O) groups is 2. The van der Waals surface area contributed by atoms with E-state index in [1.54, 1.807) is 0 Å². The molecule has 0 radical (unpaired) electrons. The van der Waals surface area contributed by atoms with Crippen LogP contribution in [0.25, 0.3) is 0 Å². The lowest BCUT2D eigenvalue weighted by Crippen LogP contribution is -2.38. The summed E-state index contributed by atoms with van der Waals surface area (Å²) < 4.78 is 5.36. The first kappa shape index (κ1) is 16.4. The molecule has 1 amide bonds. The highest BCUT2D eigenvalue weighted by Gasteiger charge is 2.53. The van der Waals surface area contributed by atoms with Crippen LogP contribution in [0.15, 0.2) is 24.3 Å². The summed E-state index contributed by atoms with van der Waals surface area (Å²) in [6.07, 6.45) is 2.80. The molecule has 1 saturated heterocycles. The van der Waals surface area contributed by atoms with Gasteiger partial charge in [-0.05, 0) is 55.4 Å². The third-order valence-electron chi connectivity index (χ3n) is 6.02. The van der Waals surface area contributed by atoms with E-state index in [4.69, 9.17) is 4.74 Å². The van der Waals surface area contributed by atoms with Crippen molar-refractivity contribution in [2.45, 2.75) is 19.3 Å². The van der Waals surface area contributed by atoms with Crippen molar-refractivity contribution in [3.63, 3.8) is 0 Å². The Morgan fingerprint density at radius 2 is 1.68 bits per heavy atom. The summed E-state index contributed by atoms with van der Waals surface area (Å²) in [5, 5.41) is 12.4. The van der Waals surface area contributed by atoms with Gasteiger partial charge in [0.1, 0.15) is 0 Å². The molecule has 1 heterocycles. The maximum Gasteiger partial charge on any atom is 0.307 e. The summed E-state index contributed by atoms with van der Waals surface area (Å²) in [5.74, 6) is -1.49. The third-order valence-corrected chi connectivity index (χ3v) is 6.02. The Balaban J connectivity index is 1.43. The third kappa shape index (κ3) is 3.11. The number of fused-ring (bicyclic) bond motifs is 2. The molecule has 2 N–H and O–H groups in total. The van der Waals surface area contributed by atoms with Crippen LogP contribution in [-0.4, -0.2) is 43.3 Å². The maximum atomic E-state index is 12.7. The van der Waals surface area contributed by atoms with Crippen LogP contribution >= 0.6 is 0 Å². The first-order chi connectivity index (χ1) is 12.1. The lowest BCUT2D eigenvalue weighted by molar-refractivity contribution is -0.148. The van der Waals surface area contributed by atoms with Gasteiger partial charge < -0.3 is 20.1 Å². The van der Waals surface area contributed by atoms with Crippen molar-refractivity contribution >= 4 is 23.3 Å². The monoisotopic (exact) mass is 344 g/mol. The number of hydrogen-bond donors (Lipinski definition) is 2. The second-order valence-corrected chi connectivity index (χ2v) is 7.36. The number of carboxylic acids is 1. The van der Waals surface area contributed by atoms with Crippen molar-refractivity contribution in [2.75, 3.05) is 36.5 Å². The fourth-order valence-electron chi connectivity index (χ4n) is 4.83. The van der Waals surface area contributed by atoms with Gasteiger partial charge in [0.25, 0.3) is 0 Å². The van der Waals surface area contributed by atoms with E-state index >= 15 is 0 Å². The van der Waals surface area contributed by atoms with Crippen molar-refractivity contribution < 1.29 is 19.4 Å². The van der Waals surface area contributed by atoms with Gasteiger partial charge >= 0.3 is 5.97 Å². The lowest BCUT2D eigenvalue weighted by Gasteiger charge is -2.29. The molecule has 2 aliphatic carbocycles. The van der Waals surface area contributed by atoms with Gasteiger partial charge in [-0.3, -0.25) is 9.59 Å². The van der Waals surface area contributed by atoms with Gasteiger partial charge in [0.15, 0.2) is 0 Å². The van der Waals surface area contributed by atoms with Crippen LogP contribution in [0.2, 0.25) is 0 Å². The molecule has 4 atom stereocenters. The summed E-state index contributed by atoms with van der Waals surface area (Å²) in [4.78, 5) is 26.5. The molecule has 1 aromatic rings. The normalized spacial score (nSPS) is 31.1. The zero-order valence-corrected chi connectivity index (χ0v) is 14.2. The number of ether oxygens (including phenoxy) is 1. The number of carboxylic acid groups (broad SMARTS) is 1. The fourth-order valence-corrected chi connectivity index (χ4v) is 4.83. The number of rotatable bonds is 4. The van der Waals surface area contributed by atoms with E-state index < -0.39 is 17.8 Å². The van der Waals surface area contributed by atoms with Gasteiger partial charge in [-0.1, -0.05) is 0 Å². The Bertz CT molecular complexity index is 654. The van der Waals surface area contributed by atoms with Gasteiger partial charge in [-0.25, -0.2) is 0 Å². The summed E-state index contributed by atoms with van der Waals surface area (Å²) in [6, 6.07) is 7.78. The Labute approximate surface area is 147 Å². The van der Waals surface area contributed by atoms with Gasteiger partial charge in [-0.2, -0.15) is 0 Å². The molecule has 4 rings (SSSR count). The van der Waals surface area contributed by atoms with Crippen molar-refractivity contribution in [1.29, 1.82) is 0 Å². The molecule has 3 fully saturated rings. The molecule has 6 nitrogen and oxygen atoms in total. The average molecular weight is 344 g/mol. The van der Waals surface area contributed by atoms with E-state index in [0.29, 0.717) is 0 Å². The number of benzene rings is 1. The minimum absolute atomic E-state index is 0.140. The number of aliphatic carboxylic acids is 1. The number of amides is 1. The number of nitrogens with zero attached hydrogens (tertiary/aromatic N) is 1. The molecular weight excluding hydrogens is 320 g/mol. The highest BCUT2D eigenvalue weighted by atomic mass is 16.5. The molecule has 2 bridgehead atoms.